The number of fused-ring (bicyclic) bond motifs is 3. The molecule has 248 valence electrons. The molecule has 3 amide bonds. The molecule has 11 nitrogen and oxygen atoms in total. The minimum Gasteiger partial charge on any atom is -0.453 e. The molecular weight excluding hydrogens is 594 g/mol. The molecule has 3 aliphatic heterocycles. The van der Waals surface area contributed by atoms with Crippen LogP contribution in [0.5, 0.6) is 0 Å². The van der Waals surface area contributed by atoms with Crippen LogP contribution in [0.15, 0.2) is 53.6 Å². The third-order valence-electron chi connectivity index (χ3n) is 9.55. The van der Waals surface area contributed by atoms with E-state index in [0.717, 1.165) is 76.8 Å². The summed E-state index contributed by atoms with van der Waals surface area (Å²) in [6.45, 7) is 9.46. The molecule has 3 aromatic rings. The van der Waals surface area contributed by atoms with Crippen LogP contribution >= 0.6 is 0 Å². The molecule has 0 radical (unpaired) electrons. The summed E-state index contributed by atoms with van der Waals surface area (Å²) >= 11 is 0. The Bertz CT molecular complexity index is 1770. The Labute approximate surface area is 275 Å². The van der Waals surface area contributed by atoms with Crippen LogP contribution in [-0.2, 0) is 14.3 Å². The quantitative estimate of drug-likeness (QED) is 0.344. The lowest BCUT2D eigenvalue weighted by Gasteiger charge is -2.29. The number of carbonyl (C=O) groups is 3. The number of nitrogens with one attached hydrogen (secondary N) is 3. The van der Waals surface area contributed by atoms with Gasteiger partial charge in [-0.1, -0.05) is 50.3 Å². The molecule has 4 heterocycles. The first-order valence-electron chi connectivity index (χ1n) is 16.7. The van der Waals surface area contributed by atoms with Gasteiger partial charge in [0.05, 0.1) is 36.8 Å². The van der Waals surface area contributed by atoms with Gasteiger partial charge in [0, 0.05) is 31.4 Å². The number of amidine groups is 1. The maximum Gasteiger partial charge on any atom is 0.407 e. The second-order valence-electron chi connectivity index (χ2n) is 13.1. The van der Waals surface area contributed by atoms with Crippen LogP contribution in [0.25, 0.3) is 27.4 Å². The van der Waals surface area contributed by atoms with Gasteiger partial charge < -0.3 is 30.2 Å². The van der Waals surface area contributed by atoms with Crippen molar-refractivity contribution in [2.24, 2.45) is 10.9 Å². The largest absolute Gasteiger partial charge is 0.453 e. The average molecular weight is 640 g/mol. The molecule has 47 heavy (non-hydrogen) atoms. The zero-order valence-electron chi connectivity index (χ0n) is 27.9. The third kappa shape index (κ3) is 6.61. The average Bonchev–Trinajstić information content (AvgIpc) is 3.83. The van der Waals surface area contributed by atoms with Crippen LogP contribution in [0.2, 0.25) is 0 Å². The molecule has 0 saturated carbocycles. The standard InChI is InChI=1S/C36H45N7O4/c1-21(2)31(41-36(46)47-5)35(45)43-19-7-9-30(43)34-39-28-15-13-26-20-25(12-14-27(26)32(28)40-34)24-11-10-22(3)38-33(37-17-16-24)29-8-6-18-42(29)23(4)44/h10-16,20-22,29-31H,6-9,17-19H2,1-5H3,(H,37,38)(H,39,40)(H,41,46). The number of nitrogens with zero attached hydrogens (tertiary/aromatic N) is 4. The number of carbonyl (C=O) groups excluding carboxylic acids is 3. The van der Waals surface area contributed by atoms with Gasteiger partial charge in [-0.25, -0.2) is 9.78 Å². The highest BCUT2D eigenvalue weighted by Gasteiger charge is 2.37. The number of aromatic nitrogens is 2. The van der Waals surface area contributed by atoms with E-state index in [-0.39, 0.29) is 35.9 Å². The lowest BCUT2D eigenvalue weighted by Crippen LogP contribution is -2.51. The number of aromatic amines is 1. The van der Waals surface area contributed by atoms with E-state index in [1.165, 1.54) is 7.11 Å². The molecule has 11 heteroatoms. The molecule has 1 aromatic heterocycles. The summed E-state index contributed by atoms with van der Waals surface area (Å²) in [5.41, 5.74) is 3.96. The number of benzene rings is 2. The number of aliphatic imine (C=N–C) groups is 1. The Kier molecular flexibility index (Phi) is 9.33. The van der Waals surface area contributed by atoms with Crippen LogP contribution in [0.1, 0.15) is 70.8 Å². The maximum absolute atomic E-state index is 13.6. The predicted molar refractivity (Wildman–Crippen MR) is 184 cm³/mol. The summed E-state index contributed by atoms with van der Waals surface area (Å²) in [5.74, 6) is 1.50. The van der Waals surface area contributed by atoms with Gasteiger partial charge in [-0.3, -0.25) is 14.6 Å². The molecule has 2 aromatic carbocycles. The normalized spacial score (nSPS) is 22.4. The number of rotatable bonds is 6. The molecule has 0 spiro atoms. The first kappa shape index (κ1) is 32.3. The van der Waals surface area contributed by atoms with E-state index in [2.05, 4.69) is 65.0 Å². The molecule has 0 bridgehead atoms. The van der Waals surface area contributed by atoms with Crippen molar-refractivity contribution in [3.8, 4) is 0 Å². The number of alkyl carbamates (subject to hydrolysis) is 1. The van der Waals surface area contributed by atoms with Crippen LogP contribution < -0.4 is 10.6 Å². The van der Waals surface area contributed by atoms with E-state index >= 15 is 0 Å². The van der Waals surface area contributed by atoms with Crippen molar-refractivity contribution in [3.63, 3.8) is 0 Å². The van der Waals surface area contributed by atoms with Gasteiger partial charge in [-0.05, 0) is 67.2 Å². The Balaban J connectivity index is 1.26. The van der Waals surface area contributed by atoms with E-state index in [9.17, 15) is 14.4 Å². The zero-order chi connectivity index (χ0) is 33.2. The second kappa shape index (κ2) is 13.6. The molecule has 0 aliphatic carbocycles. The molecule has 4 atom stereocenters. The topological polar surface area (TPSA) is 132 Å². The number of H-pyrrole nitrogens is 1. The van der Waals surface area contributed by atoms with Crippen molar-refractivity contribution < 1.29 is 19.1 Å². The van der Waals surface area contributed by atoms with Gasteiger partial charge in [0.15, 0.2) is 0 Å². The van der Waals surface area contributed by atoms with Gasteiger partial charge in [0.25, 0.3) is 0 Å². The Morgan fingerprint density at radius 2 is 1.81 bits per heavy atom. The van der Waals surface area contributed by atoms with Gasteiger partial charge in [0.1, 0.15) is 17.7 Å². The number of hydrogen-bond donors (Lipinski definition) is 3. The summed E-state index contributed by atoms with van der Waals surface area (Å²) in [6.07, 6.45) is 9.38. The van der Waals surface area contributed by atoms with Crippen LogP contribution in [0.3, 0.4) is 0 Å². The molecule has 3 aliphatic rings. The van der Waals surface area contributed by atoms with E-state index in [1.54, 1.807) is 6.92 Å². The Hall–Kier alpha value is -4.67. The second-order valence-corrected chi connectivity index (χ2v) is 13.1. The lowest BCUT2D eigenvalue weighted by molar-refractivity contribution is -0.135. The smallest absolute Gasteiger partial charge is 0.407 e. The molecular formula is C36H45N7O4. The monoisotopic (exact) mass is 639 g/mol. The summed E-state index contributed by atoms with van der Waals surface area (Å²) in [4.78, 5) is 55.0. The molecule has 6 rings (SSSR count). The summed E-state index contributed by atoms with van der Waals surface area (Å²) in [7, 11) is 1.30. The molecule has 2 fully saturated rings. The van der Waals surface area contributed by atoms with E-state index in [4.69, 9.17) is 14.7 Å². The molecule has 4 unspecified atom stereocenters. The van der Waals surface area contributed by atoms with Gasteiger partial charge in [-0.2, -0.15) is 0 Å². The Morgan fingerprint density at radius 1 is 1.04 bits per heavy atom. The van der Waals surface area contributed by atoms with Crippen LogP contribution in [0, 0.1) is 5.92 Å². The predicted octanol–water partition coefficient (Wildman–Crippen LogP) is 5.10. The van der Waals surface area contributed by atoms with Gasteiger partial charge in [0.2, 0.25) is 11.8 Å². The van der Waals surface area contributed by atoms with E-state index in [0.29, 0.717) is 13.1 Å². The van der Waals surface area contributed by atoms with Crippen molar-refractivity contribution >= 4 is 51.1 Å². The number of imidazole rings is 1. The third-order valence-corrected chi connectivity index (χ3v) is 9.55. The van der Waals surface area contributed by atoms with Crippen molar-refractivity contribution in [1.29, 1.82) is 0 Å². The molecule has 3 N–H and O–H groups in total. The van der Waals surface area contributed by atoms with Crippen LogP contribution in [0.4, 0.5) is 4.79 Å². The summed E-state index contributed by atoms with van der Waals surface area (Å²) < 4.78 is 4.77. The fourth-order valence-electron chi connectivity index (χ4n) is 7.08. The first-order valence-corrected chi connectivity index (χ1v) is 16.7. The van der Waals surface area contributed by atoms with E-state index < -0.39 is 12.1 Å². The van der Waals surface area contributed by atoms with Crippen molar-refractivity contribution in [1.82, 2.24) is 30.4 Å². The Morgan fingerprint density at radius 3 is 2.55 bits per heavy atom. The highest BCUT2D eigenvalue weighted by molar-refractivity contribution is 6.05. The van der Waals surface area contributed by atoms with Crippen molar-refractivity contribution in [2.75, 3.05) is 26.7 Å². The number of amides is 3. The van der Waals surface area contributed by atoms with Gasteiger partial charge in [-0.15, -0.1) is 0 Å². The number of methoxy groups -OCH3 is 1. The molecule has 2 saturated heterocycles. The van der Waals surface area contributed by atoms with Gasteiger partial charge >= 0.3 is 6.09 Å². The maximum atomic E-state index is 13.6. The fourth-order valence-corrected chi connectivity index (χ4v) is 7.08. The number of ether oxygens (including phenoxy) is 1. The summed E-state index contributed by atoms with van der Waals surface area (Å²) in [6, 6.07) is 9.76. The highest BCUT2D eigenvalue weighted by atomic mass is 16.5. The number of hydrogen-bond acceptors (Lipinski definition) is 7. The van der Waals surface area contributed by atoms with E-state index in [1.807, 2.05) is 29.7 Å². The van der Waals surface area contributed by atoms with Crippen LogP contribution in [-0.4, -0.2) is 88.4 Å². The minimum atomic E-state index is -0.679. The lowest BCUT2D eigenvalue weighted by atomic mass is 9.99. The number of likely N-dealkylation sites (tertiary alicyclic amines) is 2. The van der Waals surface area contributed by atoms with Crippen molar-refractivity contribution in [3.05, 3.63) is 59.9 Å². The first-order chi connectivity index (χ1) is 22.6. The SMILES string of the molecule is COC(=O)NC(C(=O)N1CCCC1c1nc2c(ccc3cc(C4=CCN=C(C5CCCN5C(C)=O)NC(C)C=C4)ccc32)[nH]1)C(C)C. The fraction of sp³-hybridized carbons (Fsp3) is 0.472. The minimum absolute atomic E-state index is 0.00251. The zero-order valence-corrected chi connectivity index (χ0v) is 27.9. The van der Waals surface area contributed by atoms with Crippen molar-refractivity contribution in [2.45, 2.75) is 77.5 Å². The summed E-state index contributed by atoms with van der Waals surface area (Å²) in [5, 5.41) is 8.36. The highest BCUT2D eigenvalue weighted by Crippen LogP contribution is 2.35. The number of allylic oxidation sites excluding steroid dienone is 2.